The lowest BCUT2D eigenvalue weighted by Gasteiger charge is -2.45. The molecule has 7 heteroatoms. The molecule has 0 amide bonds. The average molecular weight is 465 g/mol. The zero-order valence-electron chi connectivity index (χ0n) is 19.9. The van der Waals surface area contributed by atoms with E-state index in [2.05, 4.69) is 11.4 Å². The number of ketones is 1. The van der Waals surface area contributed by atoms with E-state index in [1.165, 1.54) is 0 Å². The third-order valence-corrected chi connectivity index (χ3v) is 7.52. The highest BCUT2D eigenvalue weighted by Crippen LogP contribution is 2.51. The Hall–Kier alpha value is -3.08. The van der Waals surface area contributed by atoms with E-state index in [9.17, 15) is 15.2 Å². The molecule has 1 unspecified atom stereocenters. The van der Waals surface area contributed by atoms with Crippen molar-refractivity contribution in [2.75, 3.05) is 34.4 Å². The number of carbonyl (C=O) groups is 1. The molecule has 1 aliphatic carbocycles. The van der Waals surface area contributed by atoms with Crippen molar-refractivity contribution >= 4 is 5.78 Å². The van der Waals surface area contributed by atoms with E-state index in [0.717, 1.165) is 17.7 Å². The number of nitrogens with one attached hydrogen (secondary N) is 1. The second-order valence-electron chi connectivity index (χ2n) is 9.22. The van der Waals surface area contributed by atoms with Crippen LogP contribution in [0.15, 0.2) is 42.5 Å². The van der Waals surface area contributed by atoms with E-state index in [1.807, 2.05) is 30.3 Å². The van der Waals surface area contributed by atoms with E-state index in [0.29, 0.717) is 36.6 Å². The van der Waals surface area contributed by atoms with Crippen molar-refractivity contribution in [2.24, 2.45) is 17.8 Å². The van der Waals surface area contributed by atoms with Gasteiger partial charge >= 0.3 is 0 Å². The highest BCUT2D eigenvalue weighted by Gasteiger charge is 2.53. The molecular formula is C27H32N2O5. The third kappa shape index (κ3) is 4.24. The highest BCUT2D eigenvalue weighted by atomic mass is 16.5. The molecule has 0 spiro atoms. The molecule has 1 saturated carbocycles. The molecule has 1 saturated heterocycles. The lowest BCUT2D eigenvalue weighted by atomic mass is 9.61. The van der Waals surface area contributed by atoms with Crippen LogP contribution in [0.5, 0.6) is 17.2 Å². The maximum absolute atomic E-state index is 13.9. The fourth-order valence-electron chi connectivity index (χ4n) is 5.87. The van der Waals surface area contributed by atoms with Crippen LogP contribution in [0.1, 0.15) is 36.3 Å². The molecule has 2 aliphatic rings. The van der Waals surface area contributed by atoms with E-state index < -0.39 is 11.5 Å². The molecule has 34 heavy (non-hydrogen) atoms. The number of methoxy groups -OCH3 is 3. The minimum Gasteiger partial charge on any atom is -0.496 e. The quantitative estimate of drug-likeness (QED) is 0.617. The second kappa shape index (κ2) is 10.0. The average Bonchev–Trinajstić information content (AvgIpc) is 3.36. The maximum atomic E-state index is 13.9. The number of aliphatic hydroxyl groups is 1. The van der Waals surface area contributed by atoms with Gasteiger partial charge in [-0.3, -0.25) is 4.79 Å². The monoisotopic (exact) mass is 464 g/mol. The van der Waals surface area contributed by atoms with Gasteiger partial charge in [0.2, 0.25) is 0 Å². The predicted octanol–water partition coefficient (Wildman–Crippen LogP) is 3.41. The fraction of sp³-hybridized carbons (Fsp3) is 0.481. The van der Waals surface area contributed by atoms with Crippen molar-refractivity contribution in [3.63, 3.8) is 0 Å². The van der Waals surface area contributed by atoms with Crippen LogP contribution in [-0.2, 0) is 10.4 Å². The highest BCUT2D eigenvalue weighted by molar-refractivity contribution is 5.88. The molecule has 1 heterocycles. The minimum absolute atomic E-state index is 0.0108. The summed E-state index contributed by atoms with van der Waals surface area (Å²) in [5.41, 5.74) is 0.238. The lowest BCUT2D eigenvalue weighted by molar-refractivity contribution is -0.136. The van der Waals surface area contributed by atoms with Crippen molar-refractivity contribution in [3.8, 4) is 23.3 Å². The summed E-state index contributed by atoms with van der Waals surface area (Å²) >= 11 is 0. The molecule has 2 aromatic rings. The van der Waals surface area contributed by atoms with Gasteiger partial charge in [-0.25, -0.2) is 0 Å². The first-order chi connectivity index (χ1) is 16.5. The largest absolute Gasteiger partial charge is 0.496 e. The lowest BCUT2D eigenvalue weighted by Crippen LogP contribution is -2.48. The number of nitrogens with zero attached hydrogens (tertiary/aromatic N) is 1. The van der Waals surface area contributed by atoms with E-state index in [4.69, 9.17) is 14.2 Å². The smallest absolute Gasteiger partial charge is 0.161 e. The first kappa shape index (κ1) is 24.1. The van der Waals surface area contributed by atoms with E-state index in [1.54, 1.807) is 33.5 Å². The van der Waals surface area contributed by atoms with E-state index in [-0.39, 0.29) is 30.0 Å². The van der Waals surface area contributed by atoms with Crippen LogP contribution in [0.4, 0.5) is 0 Å². The molecule has 0 bridgehead atoms. The number of hydrogen-bond acceptors (Lipinski definition) is 7. The molecular weight excluding hydrogens is 432 g/mol. The Balaban J connectivity index is 1.70. The van der Waals surface area contributed by atoms with Crippen molar-refractivity contribution in [2.45, 2.75) is 30.8 Å². The molecule has 2 aromatic carbocycles. The van der Waals surface area contributed by atoms with Crippen LogP contribution in [0, 0.1) is 29.1 Å². The molecule has 7 nitrogen and oxygen atoms in total. The summed E-state index contributed by atoms with van der Waals surface area (Å²) in [6.07, 6.45) is 1.04. The van der Waals surface area contributed by atoms with Crippen LogP contribution >= 0.6 is 0 Å². The Labute approximate surface area is 200 Å². The summed E-state index contributed by atoms with van der Waals surface area (Å²) < 4.78 is 16.3. The van der Waals surface area contributed by atoms with Gasteiger partial charge in [0.1, 0.15) is 11.5 Å². The van der Waals surface area contributed by atoms with Crippen molar-refractivity contribution in [3.05, 3.63) is 53.6 Å². The van der Waals surface area contributed by atoms with Gasteiger partial charge in [0.15, 0.2) is 11.5 Å². The summed E-state index contributed by atoms with van der Waals surface area (Å²) in [7, 11) is 4.70. The molecule has 180 valence electrons. The Kier molecular flexibility index (Phi) is 7.11. The summed E-state index contributed by atoms with van der Waals surface area (Å²) in [6, 6.07) is 15.0. The molecule has 1 aliphatic heterocycles. The topological polar surface area (TPSA) is 101 Å². The van der Waals surface area contributed by atoms with Crippen molar-refractivity contribution in [1.82, 2.24) is 5.32 Å². The Morgan fingerprint density at radius 2 is 1.85 bits per heavy atom. The minimum atomic E-state index is -1.20. The summed E-state index contributed by atoms with van der Waals surface area (Å²) in [4.78, 5) is 13.9. The van der Waals surface area contributed by atoms with Crippen LogP contribution in [0.3, 0.4) is 0 Å². The zero-order valence-corrected chi connectivity index (χ0v) is 19.9. The van der Waals surface area contributed by atoms with Crippen molar-refractivity contribution in [1.29, 1.82) is 5.26 Å². The number of benzene rings is 2. The molecule has 2 fully saturated rings. The van der Waals surface area contributed by atoms with Gasteiger partial charge in [-0.2, -0.15) is 5.26 Å². The van der Waals surface area contributed by atoms with Crippen LogP contribution < -0.4 is 19.5 Å². The predicted molar refractivity (Wildman–Crippen MR) is 127 cm³/mol. The van der Waals surface area contributed by atoms with Crippen LogP contribution in [0.25, 0.3) is 0 Å². The van der Waals surface area contributed by atoms with Crippen molar-refractivity contribution < 1.29 is 24.1 Å². The molecule has 5 atom stereocenters. The SMILES string of the molecule is COc1ccc(C(CC#N)C(=O)[C@H]2C[C@H]3CNC[C@H]3[C@](O)(c3ccccc3OC)C2)cc1OC. The van der Waals surface area contributed by atoms with Crippen LogP contribution in [0.2, 0.25) is 0 Å². The summed E-state index contributed by atoms with van der Waals surface area (Å²) in [5, 5.41) is 25.0. The summed E-state index contributed by atoms with van der Waals surface area (Å²) in [6.45, 7) is 1.45. The second-order valence-corrected chi connectivity index (χ2v) is 9.22. The number of para-hydroxylation sites is 1. The standard InChI is InChI=1S/C27H32N2O5/c1-32-23-7-5-4-6-21(23)27(31)14-18(12-19-15-29-16-22(19)27)26(30)20(10-11-28)17-8-9-24(33-2)25(13-17)34-3/h4-9,13,18-20,22,29,31H,10,12,14-16H2,1-3H3/t18-,19-,20?,22+,27+/m0/s1. The normalized spacial score (nSPS) is 26.7. The van der Waals surface area contributed by atoms with E-state index >= 15 is 0 Å². The van der Waals surface area contributed by atoms with Crippen LogP contribution in [-0.4, -0.2) is 45.3 Å². The van der Waals surface area contributed by atoms with Gasteiger partial charge in [0, 0.05) is 30.4 Å². The fourth-order valence-corrected chi connectivity index (χ4v) is 5.87. The van der Waals surface area contributed by atoms with Gasteiger partial charge in [-0.1, -0.05) is 24.3 Å². The Morgan fingerprint density at radius 1 is 1.12 bits per heavy atom. The first-order valence-electron chi connectivity index (χ1n) is 11.7. The van der Waals surface area contributed by atoms with Gasteiger partial charge < -0.3 is 24.6 Å². The Morgan fingerprint density at radius 3 is 2.56 bits per heavy atom. The molecule has 2 N–H and O–H groups in total. The summed E-state index contributed by atoms with van der Waals surface area (Å²) in [5.74, 6) is 0.839. The molecule has 0 radical (unpaired) electrons. The molecule has 4 rings (SSSR count). The number of hydrogen-bond donors (Lipinski definition) is 2. The number of rotatable bonds is 8. The number of nitriles is 1. The molecule has 0 aromatic heterocycles. The number of ether oxygens (including phenoxy) is 3. The Bertz CT molecular complexity index is 1080. The van der Waals surface area contributed by atoms with Gasteiger partial charge in [0.25, 0.3) is 0 Å². The van der Waals surface area contributed by atoms with Gasteiger partial charge in [-0.15, -0.1) is 0 Å². The number of fused-ring (bicyclic) bond motifs is 1. The van der Waals surface area contributed by atoms with Gasteiger partial charge in [-0.05, 0) is 49.1 Å². The zero-order chi connectivity index (χ0) is 24.3. The number of carbonyl (C=O) groups excluding carboxylic acids is 1. The maximum Gasteiger partial charge on any atom is 0.161 e. The van der Waals surface area contributed by atoms with Gasteiger partial charge in [0.05, 0.1) is 38.9 Å². The third-order valence-electron chi connectivity index (χ3n) is 7.52. The number of Topliss-reactive ketones (excluding diaryl/α,β-unsaturated/α-hetero) is 1. The first-order valence-corrected chi connectivity index (χ1v) is 11.7.